The average Bonchev–Trinajstić information content (AvgIpc) is 3.35. The predicted octanol–water partition coefficient (Wildman–Crippen LogP) is 2.04. The van der Waals surface area contributed by atoms with E-state index in [2.05, 4.69) is 35.2 Å². The van der Waals surface area contributed by atoms with Crippen molar-refractivity contribution in [2.24, 2.45) is 17.6 Å². The van der Waals surface area contributed by atoms with Gasteiger partial charge in [0.05, 0.1) is 5.60 Å². The third-order valence-electron chi connectivity index (χ3n) is 5.26. The van der Waals surface area contributed by atoms with E-state index in [1.54, 1.807) is 0 Å². The molecule has 3 heteroatoms. The van der Waals surface area contributed by atoms with Crippen LogP contribution in [-0.4, -0.2) is 41.8 Å². The minimum absolute atomic E-state index is 0.404. The maximum absolute atomic E-state index is 10.6. The van der Waals surface area contributed by atoms with E-state index in [4.69, 9.17) is 5.73 Å². The summed E-state index contributed by atoms with van der Waals surface area (Å²) in [4.78, 5) is 2.42. The molecule has 1 aliphatic heterocycles. The zero-order chi connectivity index (χ0) is 14.7. The minimum Gasteiger partial charge on any atom is -0.387 e. The van der Waals surface area contributed by atoms with Crippen LogP contribution in [0.1, 0.15) is 31.2 Å². The largest absolute Gasteiger partial charge is 0.387 e. The quantitative estimate of drug-likeness (QED) is 0.842. The number of hydrogen-bond acceptors (Lipinski definition) is 3. The highest BCUT2D eigenvalue weighted by Gasteiger charge is 2.44. The van der Waals surface area contributed by atoms with Crippen LogP contribution in [0.4, 0.5) is 0 Å². The van der Waals surface area contributed by atoms with Crippen molar-refractivity contribution in [3.05, 3.63) is 35.9 Å². The number of β-amino-alcohol motifs (C(OH)–C–C–N with tert-alkyl or cyclic N) is 1. The summed E-state index contributed by atoms with van der Waals surface area (Å²) in [6.45, 7) is 3.38. The Balaban J connectivity index is 1.46. The maximum atomic E-state index is 10.6. The fourth-order valence-corrected chi connectivity index (χ4v) is 3.66. The molecule has 0 radical (unpaired) electrons. The third kappa shape index (κ3) is 3.85. The van der Waals surface area contributed by atoms with E-state index < -0.39 is 5.60 Å². The Hall–Kier alpha value is -0.900. The van der Waals surface area contributed by atoms with Crippen LogP contribution in [0.15, 0.2) is 30.3 Å². The molecule has 3 rings (SSSR count). The van der Waals surface area contributed by atoms with E-state index in [1.165, 1.54) is 24.8 Å². The van der Waals surface area contributed by atoms with Gasteiger partial charge in [0.15, 0.2) is 0 Å². The molecule has 0 spiro atoms. The second-order valence-corrected chi connectivity index (χ2v) is 6.99. The lowest BCUT2D eigenvalue weighted by Crippen LogP contribution is -2.51. The molecule has 1 aromatic carbocycles. The molecular weight excluding hydrogens is 260 g/mol. The molecule has 3 nitrogen and oxygen atoms in total. The van der Waals surface area contributed by atoms with E-state index in [0.29, 0.717) is 12.5 Å². The second-order valence-electron chi connectivity index (χ2n) is 6.99. The van der Waals surface area contributed by atoms with Gasteiger partial charge in [-0.1, -0.05) is 30.3 Å². The number of likely N-dealkylation sites (tertiary alicyclic amines) is 1. The fraction of sp³-hybridized carbons (Fsp3) is 0.667. The number of hydrogen-bond donors (Lipinski definition) is 2. The molecule has 1 atom stereocenters. The molecule has 1 saturated carbocycles. The first kappa shape index (κ1) is 15.0. The maximum Gasteiger partial charge on any atom is 0.0923 e. The van der Waals surface area contributed by atoms with Gasteiger partial charge in [-0.15, -0.1) is 0 Å². The van der Waals surface area contributed by atoms with Crippen molar-refractivity contribution in [3.63, 3.8) is 0 Å². The number of nitrogens with zero attached hydrogens (tertiary/aromatic N) is 1. The fourth-order valence-electron chi connectivity index (χ4n) is 3.66. The molecule has 1 aromatic rings. The third-order valence-corrected chi connectivity index (χ3v) is 5.26. The van der Waals surface area contributed by atoms with E-state index in [-0.39, 0.29) is 0 Å². The van der Waals surface area contributed by atoms with Crippen molar-refractivity contribution in [2.75, 3.05) is 26.2 Å². The lowest BCUT2D eigenvalue weighted by molar-refractivity contribution is -0.0160. The van der Waals surface area contributed by atoms with Gasteiger partial charge in [-0.25, -0.2) is 0 Å². The Bertz CT molecular complexity index is 438. The van der Waals surface area contributed by atoms with Gasteiger partial charge < -0.3 is 15.7 Å². The van der Waals surface area contributed by atoms with Gasteiger partial charge in [-0.2, -0.15) is 0 Å². The summed E-state index contributed by atoms with van der Waals surface area (Å²) in [5.41, 5.74) is 6.64. The number of benzene rings is 1. The van der Waals surface area contributed by atoms with Crippen LogP contribution < -0.4 is 5.73 Å². The van der Waals surface area contributed by atoms with Crippen LogP contribution in [0.5, 0.6) is 0 Å². The Kier molecular flexibility index (Phi) is 4.63. The van der Waals surface area contributed by atoms with Crippen molar-refractivity contribution in [2.45, 2.75) is 37.7 Å². The van der Waals surface area contributed by atoms with E-state index in [1.807, 2.05) is 0 Å². The first-order valence-corrected chi connectivity index (χ1v) is 8.38. The normalized spacial score (nSPS) is 23.9. The Labute approximate surface area is 128 Å². The molecule has 1 aliphatic carbocycles. The zero-order valence-corrected chi connectivity index (χ0v) is 12.9. The van der Waals surface area contributed by atoms with Gasteiger partial charge >= 0.3 is 0 Å². The molecular formula is C18H28N2O. The first-order chi connectivity index (χ1) is 10.2. The van der Waals surface area contributed by atoms with Crippen LogP contribution in [-0.2, 0) is 6.42 Å². The molecule has 1 saturated heterocycles. The molecule has 116 valence electrons. The molecule has 0 amide bonds. The van der Waals surface area contributed by atoms with Crippen molar-refractivity contribution < 1.29 is 5.11 Å². The Morgan fingerprint density at radius 2 is 1.76 bits per heavy atom. The average molecular weight is 288 g/mol. The standard InChI is InChI=1S/C18H28N2O/c19-13-18(21,17-6-7-17)14-20-10-8-16(9-11-20)12-15-4-2-1-3-5-15/h1-5,16-17,21H,6-14,19H2. The summed E-state index contributed by atoms with van der Waals surface area (Å²) in [5.74, 6) is 1.24. The number of piperidine rings is 1. The lowest BCUT2D eigenvalue weighted by atomic mass is 9.89. The monoisotopic (exact) mass is 288 g/mol. The summed E-state index contributed by atoms with van der Waals surface area (Å²) < 4.78 is 0. The van der Waals surface area contributed by atoms with Gasteiger partial charge in [0.25, 0.3) is 0 Å². The van der Waals surface area contributed by atoms with Gasteiger partial charge in [-0.05, 0) is 62.6 Å². The van der Waals surface area contributed by atoms with Crippen molar-refractivity contribution in [3.8, 4) is 0 Å². The van der Waals surface area contributed by atoms with Crippen LogP contribution in [0, 0.1) is 11.8 Å². The molecule has 0 aromatic heterocycles. The summed E-state index contributed by atoms with van der Waals surface area (Å²) in [6.07, 6.45) is 5.97. The number of rotatable bonds is 6. The highest BCUT2D eigenvalue weighted by Crippen LogP contribution is 2.40. The Morgan fingerprint density at radius 1 is 1.10 bits per heavy atom. The summed E-state index contributed by atoms with van der Waals surface area (Å²) >= 11 is 0. The van der Waals surface area contributed by atoms with Crippen molar-refractivity contribution in [1.29, 1.82) is 0 Å². The van der Waals surface area contributed by atoms with E-state index in [0.717, 1.165) is 38.4 Å². The predicted molar refractivity (Wildman–Crippen MR) is 86.0 cm³/mol. The molecule has 1 heterocycles. The topological polar surface area (TPSA) is 49.5 Å². The van der Waals surface area contributed by atoms with Gasteiger partial charge in [-0.3, -0.25) is 0 Å². The van der Waals surface area contributed by atoms with Crippen LogP contribution in [0.2, 0.25) is 0 Å². The zero-order valence-electron chi connectivity index (χ0n) is 12.9. The molecule has 2 aliphatic rings. The highest BCUT2D eigenvalue weighted by molar-refractivity contribution is 5.15. The Morgan fingerprint density at radius 3 is 2.33 bits per heavy atom. The minimum atomic E-state index is -0.633. The number of aliphatic hydroxyl groups is 1. The van der Waals surface area contributed by atoms with E-state index >= 15 is 0 Å². The smallest absolute Gasteiger partial charge is 0.0923 e. The second kappa shape index (κ2) is 6.47. The SMILES string of the molecule is NCC(O)(CN1CCC(Cc2ccccc2)CC1)C1CC1. The number of nitrogens with two attached hydrogens (primary N) is 1. The van der Waals surface area contributed by atoms with Gasteiger partial charge in [0.1, 0.15) is 0 Å². The molecule has 3 N–H and O–H groups in total. The van der Waals surface area contributed by atoms with Crippen LogP contribution >= 0.6 is 0 Å². The summed E-state index contributed by atoms with van der Waals surface area (Å²) in [6, 6.07) is 10.8. The van der Waals surface area contributed by atoms with Crippen molar-refractivity contribution in [1.82, 2.24) is 4.90 Å². The van der Waals surface area contributed by atoms with Crippen LogP contribution in [0.25, 0.3) is 0 Å². The van der Waals surface area contributed by atoms with E-state index in [9.17, 15) is 5.11 Å². The van der Waals surface area contributed by atoms with Crippen molar-refractivity contribution >= 4 is 0 Å². The first-order valence-electron chi connectivity index (χ1n) is 8.38. The summed E-state index contributed by atoms with van der Waals surface area (Å²) in [7, 11) is 0. The summed E-state index contributed by atoms with van der Waals surface area (Å²) in [5, 5.41) is 10.6. The molecule has 1 unspecified atom stereocenters. The molecule has 2 fully saturated rings. The lowest BCUT2D eigenvalue weighted by Gasteiger charge is -2.38. The molecule has 21 heavy (non-hydrogen) atoms. The van der Waals surface area contributed by atoms with Gasteiger partial charge in [0.2, 0.25) is 0 Å². The van der Waals surface area contributed by atoms with Gasteiger partial charge in [0, 0.05) is 13.1 Å². The van der Waals surface area contributed by atoms with Crippen LogP contribution in [0.3, 0.4) is 0 Å². The highest BCUT2D eigenvalue weighted by atomic mass is 16.3. The molecule has 0 bridgehead atoms.